The number of esters is 4. The molecule has 1 aromatic carbocycles. The Morgan fingerprint density at radius 1 is 1.04 bits per heavy atom. The van der Waals surface area contributed by atoms with Gasteiger partial charge in [-0.25, -0.2) is 19.2 Å². The monoisotopic (exact) mass is 718 g/mol. The molecule has 2 heterocycles. The minimum Gasteiger partial charge on any atom is -0.479 e. The number of allylic oxidation sites excluding steroid dienone is 1. The number of ether oxygens (including phenoxy) is 6. The first-order valence-electron chi connectivity index (χ1n) is 16.9. The van der Waals surface area contributed by atoms with E-state index in [1.165, 1.54) is 6.92 Å². The number of methoxy groups -OCH3 is 2. The smallest absolute Gasteiger partial charge is 0.346 e. The van der Waals surface area contributed by atoms with Crippen molar-refractivity contribution >= 4 is 29.8 Å². The number of carboxylic acid groups (broad SMARTS) is 1. The number of rotatable bonds is 17. The molecule has 3 N–H and O–H groups in total. The van der Waals surface area contributed by atoms with Crippen molar-refractivity contribution in [3.63, 3.8) is 0 Å². The van der Waals surface area contributed by atoms with Crippen LogP contribution < -0.4 is 0 Å². The molecule has 0 aromatic heterocycles. The summed E-state index contributed by atoms with van der Waals surface area (Å²) in [5, 5.41) is 34.1. The van der Waals surface area contributed by atoms with Crippen molar-refractivity contribution in [3.05, 3.63) is 60.2 Å². The maximum atomic E-state index is 13.7. The van der Waals surface area contributed by atoms with E-state index in [0.717, 1.165) is 38.7 Å². The van der Waals surface area contributed by atoms with Gasteiger partial charge < -0.3 is 43.7 Å². The van der Waals surface area contributed by atoms with Gasteiger partial charge in [-0.05, 0) is 42.2 Å². The highest BCUT2D eigenvalue weighted by molar-refractivity contribution is 5.99. The zero-order valence-electron chi connectivity index (χ0n) is 30.2. The largest absolute Gasteiger partial charge is 0.479 e. The van der Waals surface area contributed by atoms with Crippen molar-refractivity contribution in [2.24, 2.45) is 17.8 Å². The molecule has 2 aliphatic heterocycles. The van der Waals surface area contributed by atoms with Crippen molar-refractivity contribution in [1.82, 2.24) is 0 Å². The molecule has 2 bridgehead atoms. The lowest BCUT2D eigenvalue weighted by atomic mass is 9.74. The van der Waals surface area contributed by atoms with Crippen molar-refractivity contribution in [2.45, 2.75) is 108 Å². The summed E-state index contributed by atoms with van der Waals surface area (Å²) < 4.78 is 32.6. The van der Waals surface area contributed by atoms with Gasteiger partial charge in [0.15, 0.2) is 6.10 Å². The number of aliphatic hydroxyl groups is 2. The van der Waals surface area contributed by atoms with Crippen LogP contribution in [0, 0.1) is 17.8 Å². The van der Waals surface area contributed by atoms with E-state index in [9.17, 15) is 39.3 Å². The molecule has 51 heavy (non-hydrogen) atoms. The van der Waals surface area contributed by atoms with Crippen LogP contribution in [0.4, 0.5) is 0 Å². The fraction of sp³-hybridized carbons (Fsp3) is 0.595. The van der Waals surface area contributed by atoms with Crippen LogP contribution in [-0.2, 0) is 58.8 Å². The fourth-order valence-electron chi connectivity index (χ4n) is 6.86. The summed E-state index contributed by atoms with van der Waals surface area (Å²) >= 11 is 0. The Morgan fingerprint density at radius 3 is 2.22 bits per heavy atom. The predicted octanol–water partition coefficient (Wildman–Crippen LogP) is 3.06. The first kappa shape index (κ1) is 41.3. The molecule has 14 heteroatoms. The standard InChI is InChI=1S/C37H50O14/c1-9-21(2)19-22(3)15-16-27(39)49-30-29(40)35(18-17-23(4)28(48-25(6)38)24(5)20-26-13-11-10-12-14-26)50-31(32(41)42)36(45,33(43)46-7)37(30,51-35)34(44)47-8/h10-16,21-22,24,28-31,40,45H,4,9,17-20H2,1-3,5-8H3,(H,41,42)/b16-15+/t21-,22+,24+,28?,29+,30+,31+,35+,36+,37+/m0/s1. The van der Waals surface area contributed by atoms with Gasteiger partial charge in [0.25, 0.3) is 5.60 Å². The number of carbonyl (C=O) groups excluding carboxylic acids is 4. The molecule has 0 aliphatic carbocycles. The van der Waals surface area contributed by atoms with E-state index in [1.807, 2.05) is 58.0 Å². The first-order chi connectivity index (χ1) is 23.9. The van der Waals surface area contributed by atoms with E-state index in [1.54, 1.807) is 6.08 Å². The van der Waals surface area contributed by atoms with Crippen LogP contribution in [0.3, 0.4) is 0 Å². The third kappa shape index (κ3) is 8.35. The molecule has 0 saturated carbocycles. The third-order valence-corrected chi connectivity index (χ3v) is 9.63. The highest BCUT2D eigenvalue weighted by atomic mass is 16.8. The molecule has 0 radical (unpaired) electrons. The molecule has 2 fully saturated rings. The van der Waals surface area contributed by atoms with E-state index in [2.05, 4.69) is 6.58 Å². The average molecular weight is 719 g/mol. The SMILES string of the molecule is C=C(CC[C@@]12O[C@H](C(=O)O)[C@@](O)(C(=O)OC)[C@@](C(=O)OC)(O1)[C@H](OC(=O)/C=C/[C@@H](C)C[C@@H](C)CC)[C@H]2O)C(OC(C)=O)[C@H](C)Cc1ccccc1. The van der Waals surface area contributed by atoms with Crippen molar-refractivity contribution < 1.29 is 67.7 Å². The van der Waals surface area contributed by atoms with Gasteiger partial charge in [-0.3, -0.25) is 4.79 Å². The Labute approximate surface area is 297 Å². The predicted molar refractivity (Wildman–Crippen MR) is 180 cm³/mol. The van der Waals surface area contributed by atoms with Gasteiger partial charge >= 0.3 is 29.8 Å². The second kappa shape index (κ2) is 16.9. The lowest BCUT2D eigenvalue weighted by Crippen LogP contribution is -2.78. The van der Waals surface area contributed by atoms with Crippen LogP contribution >= 0.6 is 0 Å². The minimum absolute atomic E-state index is 0.0791. The van der Waals surface area contributed by atoms with Crippen molar-refractivity contribution in [3.8, 4) is 0 Å². The topological polar surface area (TPSA) is 201 Å². The zero-order chi connectivity index (χ0) is 38.3. The molecule has 10 atom stereocenters. The number of carbonyl (C=O) groups is 5. The van der Waals surface area contributed by atoms with Crippen LogP contribution in [0.2, 0.25) is 0 Å². The third-order valence-electron chi connectivity index (χ3n) is 9.63. The van der Waals surface area contributed by atoms with E-state index < -0.39 is 77.7 Å². The van der Waals surface area contributed by atoms with E-state index in [-0.39, 0.29) is 18.3 Å². The lowest BCUT2D eigenvalue weighted by Gasteiger charge is -2.49. The van der Waals surface area contributed by atoms with Crippen LogP contribution in [0.25, 0.3) is 0 Å². The molecule has 1 unspecified atom stereocenters. The Balaban J connectivity index is 2.08. The summed E-state index contributed by atoms with van der Waals surface area (Å²) in [6.07, 6.45) is -3.79. The molecule has 2 saturated heterocycles. The summed E-state index contributed by atoms with van der Waals surface area (Å²) in [5.74, 6) is -9.43. The van der Waals surface area contributed by atoms with E-state index in [4.69, 9.17) is 28.4 Å². The minimum atomic E-state index is -3.54. The highest BCUT2D eigenvalue weighted by Crippen LogP contribution is 2.56. The molecule has 282 valence electrons. The molecule has 3 rings (SSSR count). The second-order valence-corrected chi connectivity index (χ2v) is 13.5. The molecular weight excluding hydrogens is 668 g/mol. The molecule has 1 aromatic rings. The van der Waals surface area contributed by atoms with Crippen molar-refractivity contribution in [1.29, 1.82) is 0 Å². The average Bonchev–Trinajstić information content (AvgIpc) is 3.31. The normalized spacial score (nSPS) is 29.3. The van der Waals surface area contributed by atoms with Crippen LogP contribution in [-0.4, -0.2) is 101 Å². The van der Waals surface area contributed by atoms with Gasteiger partial charge in [0.2, 0.25) is 17.5 Å². The molecule has 0 amide bonds. The molecule has 14 nitrogen and oxygen atoms in total. The second-order valence-electron chi connectivity index (χ2n) is 13.5. The summed E-state index contributed by atoms with van der Waals surface area (Å²) in [6.45, 7) is 13.1. The maximum absolute atomic E-state index is 13.7. The lowest BCUT2D eigenvalue weighted by molar-refractivity contribution is -0.374. The summed E-state index contributed by atoms with van der Waals surface area (Å²) in [5.41, 5.74) is -5.47. The Hall–Kier alpha value is -4.11. The van der Waals surface area contributed by atoms with Gasteiger partial charge in [0.1, 0.15) is 12.2 Å². The molecule has 0 spiro atoms. The Kier molecular flexibility index (Phi) is 13.7. The van der Waals surface area contributed by atoms with Gasteiger partial charge in [-0.1, -0.05) is 77.1 Å². The number of benzene rings is 1. The van der Waals surface area contributed by atoms with Gasteiger partial charge in [0.05, 0.1) is 14.2 Å². The number of aliphatic hydroxyl groups excluding tert-OH is 1. The van der Waals surface area contributed by atoms with E-state index in [0.29, 0.717) is 17.9 Å². The summed E-state index contributed by atoms with van der Waals surface area (Å²) in [6, 6.07) is 9.41. The number of hydrogen-bond acceptors (Lipinski definition) is 13. The zero-order valence-corrected chi connectivity index (χ0v) is 30.2. The van der Waals surface area contributed by atoms with Crippen LogP contribution in [0.15, 0.2) is 54.6 Å². The molecular formula is C37H50O14. The van der Waals surface area contributed by atoms with E-state index >= 15 is 0 Å². The Bertz CT molecular complexity index is 1470. The number of carboxylic acids is 1. The quantitative estimate of drug-likeness (QED) is 0.0918. The maximum Gasteiger partial charge on any atom is 0.346 e. The first-order valence-corrected chi connectivity index (χ1v) is 16.9. The van der Waals surface area contributed by atoms with Crippen molar-refractivity contribution in [2.75, 3.05) is 14.2 Å². The van der Waals surface area contributed by atoms with Crippen LogP contribution in [0.1, 0.15) is 65.9 Å². The van der Waals surface area contributed by atoms with Crippen LogP contribution in [0.5, 0.6) is 0 Å². The highest BCUT2D eigenvalue weighted by Gasteiger charge is 2.86. The fourth-order valence-corrected chi connectivity index (χ4v) is 6.86. The number of aliphatic carboxylic acids is 1. The summed E-state index contributed by atoms with van der Waals surface area (Å²) in [4.78, 5) is 65.1. The van der Waals surface area contributed by atoms with Gasteiger partial charge in [0, 0.05) is 25.3 Å². The number of hydrogen-bond donors (Lipinski definition) is 3. The van der Waals surface area contributed by atoms with Gasteiger partial charge in [-0.15, -0.1) is 0 Å². The Morgan fingerprint density at radius 2 is 1.67 bits per heavy atom. The van der Waals surface area contributed by atoms with Gasteiger partial charge in [-0.2, -0.15) is 0 Å². The molecule has 2 aliphatic rings. The summed E-state index contributed by atoms with van der Waals surface area (Å²) in [7, 11) is 1.68. The number of fused-ring (bicyclic) bond motifs is 2.